The summed E-state index contributed by atoms with van der Waals surface area (Å²) in [6.07, 6.45) is 0.523. The number of methoxy groups -OCH3 is 1. The Hall–Kier alpha value is -0.900. The first-order chi connectivity index (χ1) is 8.63. The molecule has 0 aliphatic rings. The van der Waals surface area contributed by atoms with Crippen molar-refractivity contribution in [3.05, 3.63) is 35.9 Å². The van der Waals surface area contributed by atoms with Crippen LogP contribution in [0.4, 0.5) is 0 Å². The molecule has 0 aliphatic carbocycles. The smallest absolute Gasteiger partial charge is 0.0667 e. The Labute approximate surface area is 110 Å². The van der Waals surface area contributed by atoms with Crippen LogP contribution < -0.4 is 5.32 Å². The molecular weight excluding hydrogens is 226 g/mol. The molecule has 0 fully saturated rings. The van der Waals surface area contributed by atoms with Crippen molar-refractivity contribution >= 4 is 0 Å². The van der Waals surface area contributed by atoms with Crippen molar-refractivity contribution in [2.45, 2.75) is 32.4 Å². The quantitative estimate of drug-likeness (QED) is 0.745. The molecule has 18 heavy (non-hydrogen) atoms. The van der Waals surface area contributed by atoms with Gasteiger partial charge in [-0.2, -0.15) is 0 Å². The minimum Gasteiger partial charge on any atom is -0.392 e. The first kappa shape index (κ1) is 15.2. The fourth-order valence-corrected chi connectivity index (χ4v) is 2.03. The third kappa shape index (κ3) is 5.63. The van der Waals surface area contributed by atoms with E-state index in [-0.39, 0.29) is 12.1 Å². The maximum atomic E-state index is 9.88. The zero-order valence-corrected chi connectivity index (χ0v) is 11.6. The Kier molecular flexibility index (Phi) is 6.94. The van der Waals surface area contributed by atoms with Crippen molar-refractivity contribution in [1.29, 1.82) is 0 Å². The molecule has 0 aliphatic heterocycles. The van der Waals surface area contributed by atoms with Gasteiger partial charge in [0.1, 0.15) is 0 Å². The Morgan fingerprint density at radius 1 is 1.22 bits per heavy atom. The molecule has 2 N–H and O–H groups in total. The van der Waals surface area contributed by atoms with Crippen molar-refractivity contribution in [3.63, 3.8) is 0 Å². The highest BCUT2D eigenvalue weighted by atomic mass is 16.5. The van der Waals surface area contributed by atoms with Gasteiger partial charge in [0.25, 0.3) is 0 Å². The maximum Gasteiger partial charge on any atom is 0.0667 e. The van der Waals surface area contributed by atoms with Gasteiger partial charge < -0.3 is 15.2 Å². The van der Waals surface area contributed by atoms with Gasteiger partial charge in [-0.05, 0) is 17.9 Å². The number of hydrogen-bond donors (Lipinski definition) is 2. The van der Waals surface area contributed by atoms with Crippen LogP contribution in [-0.2, 0) is 4.74 Å². The van der Waals surface area contributed by atoms with Crippen LogP contribution in [0, 0.1) is 5.92 Å². The summed E-state index contributed by atoms with van der Waals surface area (Å²) in [7, 11) is 1.70. The number of aliphatic hydroxyl groups is 1. The molecule has 0 amide bonds. The molecule has 0 bridgehead atoms. The number of nitrogens with one attached hydrogen (secondary N) is 1. The molecule has 3 heteroatoms. The van der Waals surface area contributed by atoms with Crippen LogP contribution in [0.3, 0.4) is 0 Å². The normalized spacial score (nSPS) is 14.7. The summed E-state index contributed by atoms with van der Waals surface area (Å²) >= 11 is 0. The topological polar surface area (TPSA) is 41.5 Å². The molecule has 2 atom stereocenters. The van der Waals surface area contributed by atoms with Crippen LogP contribution in [0.2, 0.25) is 0 Å². The lowest BCUT2D eigenvalue weighted by Crippen LogP contribution is -2.33. The molecule has 0 spiro atoms. The van der Waals surface area contributed by atoms with Crippen LogP contribution >= 0.6 is 0 Å². The largest absolute Gasteiger partial charge is 0.392 e. The van der Waals surface area contributed by atoms with E-state index < -0.39 is 0 Å². The summed E-state index contributed by atoms with van der Waals surface area (Å²) in [5.74, 6) is 0.513. The number of benzene rings is 1. The van der Waals surface area contributed by atoms with Crippen LogP contribution in [0.1, 0.15) is 31.9 Å². The van der Waals surface area contributed by atoms with E-state index >= 15 is 0 Å². The lowest BCUT2D eigenvalue weighted by molar-refractivity contribution is 0.125. The second-order valence-corrected chi connectivity index (χ2v) is 5.11. The van der Waals surface area contributed by atoms with Crippen molar-refractivity contribution < 1.29 is 9.84 Å². The number of rotatable bonds is 8. The van der Waals surface area contributed by atoms with Crippen LogP contribution in [-0.4, -0.2) is 31.5 Å². The van der Waals surface area contributed by atoms with Gasteiger partial charge in [-0.3, -0.25) is 0 Å². The fraction of sp³-hybridized carbons (Fsp3) is 0.600. The fourth-order valence-electron chi connectivity index (χ4n) is 2.03. The minimum absolute atomic E-state index is 0.137. The molecule has 3 nitrogen and oxygen atoms in total. The summed E-state index contributed by atoms with van der Waals surface area (Å²) in [5.41, 5.74) is 1.19. The number of aliphatic hydroxyl groups excluding tert-OH is 1. The molecular formula is C15H25NO2. The van der Waals surface area contributed by atoms with Crippen molar-refractivity contribution in [2.75, 3.05) is 20.3 Å². The summed E-state index contributed by atoms with van der Waals surface area (Å²) in [6.45, 7) is 5.44. The van der Waals surface area contributed by atoms with E-state index in [0.29, 0.717) is 19.1 Å². The van der Waals surface area contributed by atoms with Gasteiger partial charge >= 0.3 is 0 Å². The van der Waals surface area contributed by atoms with E-state index in [4.69, 9.17) is 4.74 Å². The predicted octanol–water partition coefficient (Wildman–Crippen LogP) is 2.37. The molecule has 2 unspecified atom stereocenters. The van der Waals surface area contributed by atoms with Gasteiger partial charge in [0.2, 0.25) is 0 Å². The van der Waals surface area contributed by atoms with Crippen molar-refractivity contribution in [1.82, 2.24) is 5.32 Å². The van der Waals surface area contributed by atoms with Gasteiger partial charge in [0.15, 0.2) is 0 Å². The lowest BCUT2D eigenvalue weighted by atomic mass is 10.0. The monoisotopic (exact) mass is 251 g/mol. The van der Waals surface area contributed by atoms with Gasteiger partial charge in [-0.25, -0.2) is 0 Å². The average Bonchev–Trinajstić information content (AvgIpc) is 2.34. The zero-order chi connectivity index (χ0) is 13.4. The molecule has 0 heterocycles. The Balaban J connectivity index is 2.48. The van der Waals surface area contributed by atoms with E-state index in [1.165, 1.54) is 5.56 Å². The van der Waals surface area contributed by atoms with E-state index in [1.54, 1.807) is 7.11 Å². The minimum atomic E-state index is -0.298. The highest BCUT2D eigenvalue weighted by Gasteiger charge is 2.13. The van der Waals surface area contributed by atoms with Crippen LogP contribution in [0.25, 0.3) is 0 Å². The van der Waals surface area contributed by atoms with Crippen molar-refractivity contribution in [2.24, 2.45) is 5.92 Å². The molecule has 1 rings (SSSR count). The summed E-state index contributed by atoms with van der Waals surface area (Å²) in [5, 5.41) is 13.2. The lowest BCUT2D eigenvalue weighted by Gasteiger charge is -2.21. The molecule has 0 radical (unpaired) electrons. The highest BCUT2D eigenvalue weighted by Crippen LogP contribution is 2.13. The molecule has 0 aromatic heterocycles. The van der Waals surface area contributed by atoms with Gasteiger partial charge in [-0.1, -0.05) is 44.2 Å². The summed E-state index contributed by atoms with van der Waals surface area (Å²) < 4.78 is 5.23. The first-order valence-electron chi connectivity index (χ1n) is 6.58. The third-order valence-electron chi connectivity index (χ3n) is 2.88. The highest BCUT2D eigenvalue weighted by molar-refractivity contribution is 5.18. The molecule has 0 saturated carbocycles. The van der Waals surface area contributed by atoms with E-state index in [2.05, 4.69) is 31.3 Å². The van der Waals surface area contributed by atoms with Gasteiger partial charge in [0, 0.05) is 13.7 Å². The maximum absolute atomic E-state index is 9.88. The third-order valence-corrected chi connectivity index (χ3v) is 2.88. The van der Waals surface area contributed by atoms with Gasteiger partial charge in [0.05, 0.1) is 18.8 Å². The SMILES string of the molecule is COCC(NCC(O)CC(C)C)c1ccccc1. The molecule has 1 aromatic rings. The van der Waals surface area contributed by atoms with E-state index in [9.17, 15) is 5.11 Å². The zero-order valence-electron chi connectivity index (χ0n) is 11.6. The predicted molar refractivity (Wildman–Crippen MR) is 74.5 cm³/mol. The average molecular weight is 251 g/mol. The molecule has 1 aromatic carbocycles. The Bertz CT molecular complexity index is 314. The van der Waals surface area contributed by atoms with Gasteiger partial charge in [-0.15, -0.1) is 0 Å². The second kappa shape index (κ2) is 8.25. The Morgan fingerprint density at radius 2 is 1.89 bits per heavy atom. The molecule has 0 saturated heterocycles. The summed E-state index contributed by atoms with van der Waals surface area (Å²) in [6, 6.07) is 10.3. The second-order valence-electron chi connectivity index (χ2n) is 5.11. The standard InChI is InChI=1S/C15H25NO2/c1-12(2)9-14(17)10-16-15(11-18-3)13-7-5-4-6-8-13/h4-8,12,14-17H,9-11H2,1-3H3. The van der Waals surface area contributed by atoms with E-state index in [0.717, 1.165) is 6.42 Å². The first-order valence-corrected chi connectivity index (χ1v) is 6.58. The Morgan fingerprint density at radius 3 is 2.44 bits per heavy atom. The number of ether oxygens (including phenoxy) is 1. The summed E-state index contributed by atoms with van der Waals surface area (Å²) in [4.78, 5) is 0. The number of hydrogen-bond acceptors (Lipinski definition) is 3. The van der Waals surface area contributed by atoms with Crippen LogP contribution in [0.15, 0.2) is 30.3 Å². The van der Waals surface area contributed by atoms with Crippen molar-refractivity contribution in [3.8, 4) is 0 Å². The molecule has 102 valence electrons. The van der Waals surface area contributed by atoms with Crippen LogP contribution in [0.5, 0.6) is 0 Å². The van der Waals surface area contributed by atoms with E-state index in [1.807, 2.05) is 18.2 Å².